The zero-order valence-electron chi connectivity index (χ0n) is 21.2. The van der Waals surface area contributed by atoms with Crippen LogP contribution in [0.5, 0.6) is 0 Å². The molecule has 0 radical (unpaired) electrons. The Morgan fingerprint density at radius 1 is 1.15 bits per heavy atom. The summed E-state index contributed by atoms with van der Waals surface area (Å²) < 4.78 is 33.4. The number of pyridine rings is 1. The van der Waals surface area contributed by atoms with Gasteiger partial charge >= 0.3 is 0 Å². The van der Waals surface area contributed by atoms with E-state index in [0.717, 1.165) is 30.0 Å². The van der Waals surface area contributed by atoms with Crippen LogP contribution in [-0.4, -0.2) is 47.5 Å². The van der Waals surface area contributed by atoms with Gasteiger partial charge in [0.2, 0.25) is 11.6 Å². The highest BCUT2D eigenvalue weighted by molar-refractivity contribution is 5.94. The molecule has 0 spiro atoms. The van der Waals surface area contributed by atoms with Crippen molar-refractivity contribution in [2.75, 3.05) is 19.6 Å². The SMILES string of the molecule is O=C(N[C@H]1CCN(CC2CC2)C[C@@H]1C(=O)NC1(c2cccc[n+]2[O-])CC1)c1cc(-c2ccc(F)cc2F)on1. The van der Waals surface area contributed by atoms with Crippen LogP contribution in [-0.2, 0) is 10.3 Å². The molecule has 204 valence electrons. The Kier molecular flexibility index (Phi) is 6.54. The molecule has 2 saturated carbocycles. The van der Waals surface area contributed by atoms with Crippen molar-refractivity contribution in [3.8, 4) is 11.3 Å². The number of rotatable bonds is 8. The molecule has 3 aliphatic rings. The number of nitrogens with one attached hydrogen (secondary N) is 2. The van der Waals surface area contributed by atoms with Gasteiger partial charge in [-0.15, -0.1) is 0 Å². The van der Waals surface area contributed by atoms with E-state index in [9.17, 15) is 23.6 Å². The van der Waals surface area contributed by atoms with Crippen LogP contribution >= 0.6 is 0 Å². The summed E-state index contributed by atoms with van der Waals surface area (Å²) >= 11 is 0. The molecule has 0 bridgehead atoms. The highest BCUT2D eigenvalue weighted by atomic mass is 19.1. The lowest BCUT2D eigenvalue weighted by Gasteiger charge is -2.38. The summed E-state index contributed by atoms with van der Waals surface area (Å²) in [6.07, 6.45) is 5.71. The maximum atomic E-state index is 14.2. The minimum Gasteiger partial charge on any atom is -0.618 e. The summed E-state index contributed by atoms with van der Waals surface area (Å²) in [5.41, 5.74) is -0.274. The summed E-state index contributed by atoms with van der Waals surface area (Å²) in [5.74, 6) is -2.21. The largest absolute Gasteiger partial charge is 0.618 e. The second-order valence-corrected chi connectivity index (χ2v) is 10.9. The lowest BCUT2D eigenvalue weighted by atomic mass is 9.90. The van der Waals surface area contributed by atoms with Gasteiger partial charge in [0.25, 0.3) is 5.91 Å². The Morgan fingerprint density at radius 2 is 1.97 bits per heavy atom. The predicted octanol–water partition coefficient (Wildman–Crippen LogP) is 2.89. The van der Waals surface area contributed by atoms with Gasteiger partial charge in [0.05, 0.1) is 11.5 Å². The fourth-order valence-electron chi connectivity index (χ4n) is 5.43. The fourth-order valence-corrected chi connectivity index (χ4v) is 5.43. The average molecular weight is 538 g/mol. The number of halogens is 2. The molecule has 2 N–H and O–H groups in total. The van der Waals surface area contributed by atoms with Crippen LogP contribution in [0, 0.1) is 28.7 Å². The van der Waals surface area contributed by atoms with Crippen LogP contribution in [0.1, 0.15) is 48.3 Å². The molecular formula is C28H29F2N5O4. The molecule has 2 aromatic heterocycles. The summed E-state index contributed by atoms with van der Waals surface area (Å²) in [6.45, 7) is 2.14. The lowest BCUT2D eigenvalue weighted by Crippen LogP contribution is -2.57. The summed E-state index contributed by atoms with van der Waals surface area (Å²) in [6, 6.07) is 9.02. The summed E-state index contributed by atoms with van der Waals surface area (Å²) in [7, 11) is 0. The average Bonchev–Trinajstić information content (AvgIpc) is 3.83. The molecule has 1 aliphatic heterocycles. The van der Waals surface area contributed by atoms with E-state index in [4.69, 9.17) is 4.52 Å². The second-order valence-electron chi connectivity index (χ2n) is 10.9. The van der Waals surface area contributed by atoms with Gasteiger partial charge in [0.1, 0.15) is 17.2 Å². The first kappa shape index (κ1) is 25.4. The third-order valence-corrected chi connectivity index (χ3v) is 7.93. The Morgan fingerprint density at radius 3 is 2.69 bits per heavy atom. The Labute approximate surface area is 223 Å². The van der Waals surface area contributed by atoms with Gasteiger partial charge in [-0.05, 0) is 56.2 Å². The Balaban J connectivity index is 1.18. The molecule has 39 heavy (non-hydrogen) atoms. The van der Waals surface area contributed by atoms with E-state index in [1.54, 1.807) is 18.2 Å². The molecule has 11 heteroatoms. The first-order chi connectivity index (χ1) is 18.8. The van der Waals surface area contributed by atoms with Crippen LogP contribution < -0.4 is 15.4 Å². The maximum absolute atomic E-state index is 14.2. The summed E-state index contributed by atoms with van der Waals surface area (Å²) in [5, 5.41) is 22.2. The standard InChI is InChI=1S/C28H29F2N5O4/c29-18-6-7-19(21(30)13-18)24-14-23(33-39-24)27(37)31-22-8-12-34(15-17-4-5-17)16-20(22)26(36)32-28(9-10-28)25-3-1-2-11-35(25)38/h1-3,6-7,11,13-14,17,20,22H,4-5,8-10,12,15-16H2,(H,31,37)(H,32,36)/t20-,22-/m0/s1. The third-order valence-electron chi connectivity index (χ3n) is 7.93. The smallest absolute Gasteiger partial charge is 0.273 e. The van der Waals surface area contributed by atoms with Crippen LogP contribution in [0.4, 0.5) is 8.78 Å². The summed E-state index contributed by atoms with van der Waals surface area (Å²) in [4.78, 5) is 29.1. The van der Waals surface area contributed by atoms with Crippen molar-refractivity contribution in [3.63, 3.8) is 0 Å². The number of hydrogen-bond donors (Lipinski definition) is 2. The molecule has 3 heterocycles. The zero-order chi connectivity index (χ0) is 27.1. The van der Waals surface area contributed by atoms with Crippen LogP contribution in [0.25, 0.3) is 11.3 Å². The number of likely N-dealkylation sites (tertiary alicyclic amines) is 1. The molecule has 3 fully saturated rings. The van der Waals surface area contributed by atoms with E-state index >= 15 is 0 Å². The van der Waals surface area contributed by atoms with E-state index in [2.05, 4.69) is 20.7 Å². The van der Waals surface area contributed by atoms with Crippen molar-refractivity contribution in [1.82, 2.24) is 20.7 Å². The topological polar surface area (TPSA) is 114 Å². The van der Waals surface area contributed by atoms with Gasteiger partial charge in [-0.1, -0.05) is 5.16 Å². The van der Waals surface area contributed by atoms with Crippen molar-refractivity contribution < 1.29 is 27.6 Å². The van der Waals surface area contributed by atoms with E-state index in [1.165, 1.54) is 31.2 Å². The molecule has 1 aromatic carbocycles. The lowest BCUT2D eigenvalue weighted by molar-refractivity contribution is -0.617. The molecule has 1 saturated heterocycles. The molecule has 0 unspecified atom stereocenters. The first-order valence-corrected chi connectivity index (χ1v) is 13.3. The molecular weight excluding hydrogens is 508 g/mol. The van der Waals surface area contributed by atoms with Gasteiger partial charge in [-0.2, -0.15) is 4.73 Å². The van der Waals surface area contributed by atoms with Crippen molar-refractivity contribution in [2.24, 2.45) is 11.8 Å². The maximum Gasteiger partial charge on any atom is 0.273 e. The van der Waals surface area contributed by atoms with Crippen molar-refractivity contribution in [1.29, 1.82) is 0 Å². The van der Waals surface area contributed by atoms with E-state index in [-0.39, 0.29) is 22.9 Å². The molecule has 3 aromatic rings. The minimum absolute atomic E-state index is 0.00403. The minimum atomic E-state index is -0.829. The number of carbonyl (C=O) groups is 2. The molecule has 9 nitrogen and oxygen atoms in total. The predicted molar refractivity (Wildman–Crippen MR) is 135 cm³/mol. The number of benzene rings is 1. The monoisotopic (exact) mass is 537 g/mol. The Hall–Kier alpha value is -3.86. The van der Waals surface area contributed by atoms with Gasteiger partial charge in [-0.3, -0.25) is 9.59 Å². The fraction of sp³-hybridized carbons (Fsp3) is 0.429. The quantitative estimate of drug-likeness (QED) is 0.338. The number of aromatic nitrogens is 2. The van der Waals surface area contributed by atoms with Crippen LogP contribution in [0.3, 0.4) is 0 Å². The highest BCUT2D eigenvalue weighted by Crippen LogP contribution is 2.44. The molecule has 2 amide bonds. The van der Waals surface area contributed by atoms with Gasteiger partial charge in [-0.25, -0.2) is 8.78 Å². The van der Waals surface area contributed by atoms with Gasteiger partial charge in [0, 0.05) is 49.9 Å². The van der Waals surface area contributed by atoms with E-state index in [0.29, 0.717) is 37.4 Å². The first-order valence-electron chi connectivity index (χ1n) is 13.3. The molecule has 6 rings (SSSR count). The highest BCUT2D eigenvalue weighted by Gasteiger charge is 2.53. The van der Waals surface area contributed by atoms with E-state index in [1.807, 2.05) is 0 Å². The normalized spacial score (nSPS) is 22.3. The second kappa shape index (κ2) is 10.0. The molecule has 2 aliphatic carbocycles. The Bertz CT molecular complexity index is 1400. The van der Waals surface area contributed by atoms with Crippen molar-refractivity contribution in [3.05, 3.63) is 76.9 Å². The van der Waals surface area contributed by atoms with Crippen LogP contribution in [0.15, 0.2) is 53.2 Å². The van der Waals surface area contributed by atoms with Gasteiger partial charge < -0.3 is 25.3 Å². The van der Waals surface area contributed by atoms with Gasteiger partial charge in [0.15, 0.2) is 17.7 Å². The zero-order valence-corrected chi connectivity index (χ0v) is 21.2. The number of amides is 2. The van der Waals surface area contributed by atoms with E-state index < -0.39 is 35.0 Å². The number of nitrogens with zero attached hydrogens (tertiary/aromatic N) is 3. The molecule has 2 atom stereocenters. The number of carbonyl (C=O) groups excluding carboxylic acids is 2. The number of hydrogen-bond acceptors (Lipinski definition) is 6. The van der Waals surface area contributed by atoms with Crippen LogP contribution in [0.2, 0.25) is 0 Å². The number of piperidine rings is 1. The van der Waals surface area contributed by atoms with Crippen molar-refractivity contribution >= 4 is 11.8 Å². The van der Waals surface area contributed by atoms with Crippen molar-refractivity contribution in [2.45, 2.75) is 43.7 Å². The third kappa shape index (κ3) is 5.36.